The monoisotopic (exact) mass is 339 g/mol. The van der Waals surface area contributed by atoms with Crippen LogP contribution in [-0.2, 0) is 6.42 Å². The van der Waals surface area contributed by atoms with E-state index in [2.05, 4.69) is 18.7 Å². The van der Waals surface area contributed by atoms with Crippen molar-refractivity contribution in [3.05, 3.63) is 23.3 Å². The van der Waals surface area contributed by atoms with Gasteiger partial charge in [-0.15, -0.1) is 0 Å². The van der Waals surface area contributed by atoms with E-state index < -0.39 is 13.0 Å². The standard InChI is InChI=1S/C19H27F2NO2/c1-12(2)8-14-4-5-16-15-10-17(23-3)18(24-11-19(20)21)9-13(15)6-7-22(14)16/h9-10,12,14,16,19H,4-8,11H2,1-3H3/t14-,16-/m1/s1. The topological polar surface area (TPSA) is 21.7 Å². The van der Waals surface area contributed by atoms with E-state index in [0.29, 0.717) is 29.5 Å². The molecule has 0 radical (unpaired) electrons. The maximum atomic E-state index is 12.4. The zero-order valence-corrected chi connectivity index (χ0v) is 14.7. The minimum Gasteiger partial charge on any atom is -0.493 e. The van der Waals surface area contributed by atoms with E-state index in [1.54, 1.807) is 7.11 Å². The highest BCUT2D eigenvalue weighted by atomic mass is 19.3. The van der Waals surface area contributed by atoms with E-state index in [9.17, 15) is 8.78 Å². The molecule has 3 nitrogen and oxygen atoms in total. The van der Waals surface area contributed by atoms with Crippen molar-refractivity contribution in [1.82, 2.24) is 4.90 Å². The van der Waals surface area contributed by atoms with Gasteiger partial charge in [0.25, 0.3) is 6.43 Å². The number of benzene rings is 1. The predicted octanol–water partition coefficient (Wildman–Crippen LogP) is 4.45. The first-order chi connectivity index (χ1) is 11.5. The minimum atomic E-state index is -2.48. The van der Waals surface area contributed by atoms with Crippen LogP contribution in [0.1, 0.15) is 50.3 Å². The summed E-state index contributed by atoms with van der Waals surface area (Å²) in [6.07, 6.45) is 2.08. The lowest BCUT2D eigenvalue weighted by molar-refractivity contribution is 0.0802. The summed E-state index contributed by atoms with van der Waals surface area (Å²) in [6, 6.07) is 4.99. The SMILES string of the molecule is COc1cc2c(cc1OCC(F)F)CCN1[C@@H](CC(C)C)CC[C@H]21. The van der Waals surface area contributed by atoms with E-state index in [1.165, 1.54) is 24.0 Å². The third-order valence-corrected chi connectivity index (χ3v) is 5.17. The van der Waals surface area contributed by atoms with Crippen molar-refractivity contribution in [2.45, 2.75) is 58.0 Å². The van der Waals surface area contributed by atoms with Crippen LogP contribution in [0.2, 0.25) is 0 Å². The predicted molar refractivity (Wildman–Crippen MR) is 90.1 cm³/mol. The summed E-state index contributed by atoms with van der Waals surface area (Å²) in [5.74, 6) is 1.69. The van der Waals surface area contributed by atoms with Crippen LogP contribution in [-0.4, -0.2) is 37.6 Å². The third kappa shape index (κ3) is 3.51. The molecule has 0 unspecified atom stereocenters. The summed E-state index contributed by atoms with van der Waals surface area (Å²) < 4.78 is 35.5. The van der Waals surface area contributed by atoms with Gasteiger partial charge in [0.15, 0.2) is 11.5 Å². The van der Waals surface area contributed by atoms with Crippen LogP contribution in [0.4, 0.5) is 8.78 Å². The van der Waals surface area contributed by atoms with Gasteiger partial charge < -0.3 is 9.47 Å². The second-order valence-electron chi connectivity index (χ2n) is 7.27. The first-order valence-electron chi connectivity index (χ1n) is 8.87. The molecule has 134 valence electrons. The van der Waals surface area contributed by atoms with Crippen LogP contribution in [0, 0.1) is 5.92 Å². The van der Waals surface area contributed by atoms with Gasteiger partial charge in [-0.1, -0.05) is 13.8 Å². The average molecular weight is 339 g/mol. The van der Waals surface area contributed by atoms with Crippen molar-refractivity contribution in [2.75, 3.05) is 20.3 Å². The number of hydrogen-bond donors (Lipinski definition) is 0. The second-order valence-corrected chi connectivity index (χ2v) is 7.27. The Hall–Kier alpha value is -1.36. The van der Waals surface area contributed by atoms with Gasteiger partial charge in [0.2, 0.25) is 0 Å². The van der Waals surface area contributed by atoms with Crippen LogP contribution in [0.25, 0.3) is 0 Å². The van der Waals surface area contributed by atoms with Crippen LogP contribution < -0.4 is 9.47 Å². The highest BCUT2D eigenvalue weighted by Crippen LogP contribution is 2.45. The summed E-state index contributed by atoms with van der Waals surface area (Å²) in [7, 11) is 1.56. The Morgan fingerprint density at radius 3 is 2.67 bits per heavy atom. The molecule has 2 aliphatic rings. The van der Waals surface area contributed by atoms with Crippen LogP contribution in [0.5, 0.6) is 11.5 Å². The summed E-state index contributed by atoms with van der Waals surface area (Å²) in [5.41, 5.74) is 2.50. The molecule has 0 saturated carbocycles. The molecule has 5 heteroatoms. The van der Waals surface area contributed by atoms with Crippen molar-refractivity contribution in [3.8, 4) is 11.5 Å². The fraction of sp³-hybridized carbons (Fsp3) is 0.684. The Kier molecular flexibility index (Phi) is 5.28. The summed E-state index contributed by atoms with van der Waals surface area (Å²) >= 11 is 0. The Balaban J connectivity index is 1.83. The molecule has 1 aromatic carbocycles. The first kappa shape index (κ1) is 17.5. The Morgan fingerprint density at radius 1 is 1.21 bits per heavy atom. The van der Waals surface area contributed by atoms with Gasteiger partial charge in [-0.25, -0.2) is 8.78 Å². The minimum absolute atomic E-state index is 0.426. The van der Waals surface area contributed by atoms with E-state index >= 15 is 0 Å². The first-order valence-corrected chi connectivity index (χ1v) is 8.87. The molecule has 1 aromatic rings. The number of ether oxygens (including phenoxy) is 2. The van der Waals surface area contributed by atoms with Gasteiger partial charge >= 0.3 is 0 Å². The highest BCUT2D eigenvalue weighted by molar-refractivity contribution is 5.49. The van der Waals surface area contributed by atoms with Gasteiger partial charge in [-0.2, -0.15) is 0 Å². The number of fused-ring (bicyclic) bond motifs is 3. The average Bonchev–Trinajstić information content (AvgIpc) is 2.94. The number of halogens is 2. The third-order valence-electron chi connectivity index (χ3n) is 5.17. The second kappa shape index (κ2) is 7.26. The molecule has 0 amide bonds. The molecule has 0 aromatic heterocycles. The largest absolute Gasteiger partial charge is 0.493 e. The van der Waals surface area contributed by atoms with E-state index in [-0.39, 0.29) is 0 Å². The highest BCUT2D eigenvalue weighted by Gasteiger charge is 2.38. The number of alkyl halides is 2. The molecule has 0 aliphatic carbocycles. The molecule has 0 bridgehead atoms. The lowest BCUT2D eigenvalue weighted by Gasteiger charge is -2.36. The van der Waals surface area contributed by atoms with Crippen LogP contribution >= 0.6 is 0 Å². The fourth-order valence-electron chi connectivity index (χ4n) is 4.23. The van der Waals surface area contributed by atoms with E-state index in [0.717, 1.165) is 19.4 Å². The van der Waals surface area contributed by atoms with Crippen LogP contribution in [0.3, 0.4) is 0 Å². The molecule has 0 N–H and O–H groups in total. The number of nitrogens with zero attached hydrogens (tertiary/aromatic N) is 1. The normalized spacial score (nSPS) is 23.5. The molecule has 2 heterocycles. The Labute approximate surface area is 142 Å². The summed E-state index contributed by atoms with van der Waals surface area (Å²) in [6.45, 7) is 5.00. The molecule has 1 saturated heterocycles. The van der Waals surface area contributed by atoms with Gasteiger partial charge in [0.05, 0.1) is 7.11 Å². The smallest absolute Gasteiger partial charge is 0.272 e. The summed E-state index contributed by atoms with van der Waals surface area (Å²) in [5, 5.41) is 0. The molecule has 1 fully saturated rings. The molecular weight excluding hydrogens is 312 g/mol. The zero-order valence-electron chi connectivity index (χ0n) is 14.7. The number of rotatable bonds is 6. The Bertz CT molecular complexity index is 577. The van der Waals surface area contributed by atoms with Gasteiger partial charge in [0.1, 0.15) is 6.61 Å². The molecule has 3 rings (SSSR count). The van der Waals surface area contributed by atoms with E-state index in [4.69, 9.17) is 9.47 Å². The van der Waals surface area contributed by atoms with Crippen LogP contribution in [0.15, 0.2) is 12.1 Å². The lowest BCUT2D eigenvalue weighted by Crippen LogP contribution is -2.37. The lowest BCUT2D eigenvalue weighted by atomic mass is 9.92. The van der Waals surface area contributed by atoms with Crippen molar-refractivity contribution >= 4 is 0 Å². The molecular formula is C19H27F2NO2. The van der Waals surface area contributed by atoms with Gasteiger partial charge in [0, 0.05) is 18.6 Å². The van der Waals surface area contributed by atoms with Crippen molar-refractivity contribution in [3.63, 3.8) is 0 Å². The molecule has 24 heavy (non-hydrogen) atoms. The number of methoxy groups -OCH3 is 1. The number of hydrogen-bond acceptors (Lipinski definition) is 3. The molecule has 2 aliphatic heterocycles. The van der Waals surface area contributed by atoms with Gasteiger partial charge in [-0.05, 0) is 54.9 Å². The Morgan fingerprint density at radius 2 is 2.00 bits per heavy atom. The fourth-order valence-corrected chi connectivity index (χ4v) is 4.23. The molecule has 2 atom stereocenters. The van der Waals surface area contributed by atoms with Crippen molar-refractivity contribution < 1.29 is 18.3 Å². The molecule has 0 spiro atoms. The van der Waals surface area contributed by atoms with Gasteiger partial charge in [-0.3, -0.25) is 4.90 Å². The summed E-state index contributed by atoms with van der Waals surface area (Å²) in [4.78, 5) is 2.63. The van der Waals surface area contributed by atoms with Crippen molar-refractivity contribution in [1.29, 1.82) is 0 Å². The quantitative estimate of drug-likeness (QED) is 0.764. The zero-order chi connectivity index (χ0) is 17.3. The maximum Gasteiger partial charge on any atom is 0.272 e. The van der Waals surface area contributed by atoms with Crippen molar-refractivity contribution in [2.24, 2.45) is 5.92 Å². The van der Waals surface area contributed by atoms with E-state index in [1.807, 2.05) is 12.1 Å². The maximum absolute atomic E-state index is 12.4.